The third-order valence-electron chi connectivity index (χ3n) is 4.61. The summed E-state index contributed by atoms with van der Waals surface area (Å²) in [7, 11) is 3.18. The van der Waals surface area contributed by atoms with E-state index in [1.807, 2.05) is 24.3 Å². The van der Waals surface area contributed by atoms with Gasteiger partial charge in [-0.3, -0.25) is 10.2 Å². The fourth-order valence-corrected chi connectivity index (χ4v) is 2.79. The summed E-state index contributed by atoms with van der Waals surface area (Å²) >= 11 is 0. The van der Waals surface area contributed by atoms with E-state index < -0.39 is 11.9 Å². The van der Waals surface area contributed by atoms with Crippen molar-refractivity contribution in [3.8, 4) is 11.5 Å². The molecule has 174 valence electrons. The van der Waals surface area contributed by atoms with E-state index >= 15 is 0 Å². The van der Waals surface area contributed by atoms with Gasteiger partial charge in [-0.15, -0.1) is 10.6 Å². The summed E-state index contributed by atoms with van der Waals surface area (Å²) in [4.78, 5) is 24.1. The van der Waals surface area contributed by atoms with Crippen LogP contribution in [0.3, 0.4) is 0 Å². The predicted octanol–water partition coefficient (Wildman–Crippen LogP) is 2.08. The van der Waals surface area contributed by atoms with Crippen LogP contribution in [0.1, 0.15) is 17.5 Å². The number of benzene rings is 2. The number of esters is 2. The molecular formula is C23H26N4O6. The first-order valence-electron chi connectivity index (χ1n) is 10.1. The quantitative estimate of drug-likeness (QED) is 0.389. The molecule has 2 N–H and O–H groups in total. The third kappa shape index (κ3) is 7.25. The van der Waals surface area contributed by atoms with E-state index in [-0.39, 0.29) is 25.2 Å². The minimum absolute atomic E-state index is 0.00336. The van der Waals surface area contributed by atoms with Crippen LogP contribution in [0.2, 0.25) is 0 Å². The molecule has 0 unspecified atom stereocenters. The van der Waals surface area contributed by atoms with Gasteiger partial charge < -0.3 is 18.9 Å². The fraction of sp³-hybridized carbons (Fsp3) is 0.261. The number of rotatable bonds is 11. The number of carbonyl (C=O) groups is 2. The molecule has 0 fully saturated rings. The second-order valence-corrected chi connectivity index (χ2v) is 7.05. The largest absolute Gasteiger partial charge is 0.497 e. The molecule has 0 aliphatic carbocycles. The first kappa shape index (κ1) is 23.6. The topological polar surface area (TPSA) is 111 Å². The van der Waals surface area contributed by atoms with E-state index in [2.05, 4.69) is 22.6 Å². The van der Waals surface area contributed by atoms with Crippen molar-refractivity contribution >= 4 is 17.8 Å². The summed E-state index contributed by atoms with van der Waals surface area (Å²) in [5.41, 5.74) is 7.49. The van der Waals surface area contributed by atoms with Crippen LogP contribution >= 0.6 is 0 Å². The standard InChI is InChI=1S/C23H26N4O6/c1-16(12-22(28)32-14-18-6-10-20(31-3)11-7-18)23(29)33-15-21-24-26-27(25-21)13-17-4-8-19(30-2)9-5-17/h4-11,26H,1,12-15H2,2-3H3,(H,24,25). The average molecular weight is 454 g/mol. The molecule has 0 saturated heterocycles. The molecule has 3 rings (SSSR count). The van der Waals surface area contributed by atoms with Crippen LogP contribution in [0.4, 0.5) is 0 Å². The Kier molecular flexibility index (Phi) is 8.25. The van der Waals surface area contributed by atoms with Crippen LogP contribution in [0.25, 0.3) is 0 Å². The number of nitrogens with zero attached hydrogens (tertiary/aromatic N) is 2. The number of carbonyl (C=O) groups excluding carboxylic acids is 2. The summed E-state index contributed by atoms with van der Waals surface area (Å²) in [5.74, 6) is 0.617. The molecule has 10 nitrogen and oxygen atoms in total. The van der Waals surface area contributed by atoms with Crippen LogP contribution in [-0.4, -0.2) is 43.7 Å². The molecule has 2 aromatic rings. The Morgan fingerprint density at radius 2 is 1.52 bits per heavy atom. The summed E-state index contributed by atoms with van der Waals surface area (Å²) < 4.78 is 20.6. The van der Waals surface area contributed by atoms with E-state index in [1.165, 1.54) is 0 Å². The zero-order chi connectivity index (χ0) is 23.6. The molecule has 1 heterocycles. The van der Waals surface area contributed by atoms with E-state index in [9.17, 15) is 9.59 Å². The predicted molar refractivity (Wildman–Crippen MR) is 120 cm³/mol. The van der Waals surface area contributed by atoms with Crippen LogP contribution in [-0.2, 0) is 32.2 Å². The van der Waals surface area contributed by atoms with Gasteiger partial charge in [-0.2, -0.15) is 0 Å². The van der Waals surface area contributed by atoms with Gasteiger partial charge in [0.25, 0.3) is 0 Å². The van der Waals surface area contributed by atoms with Crippen LogP contribution in [0.15, 0.2) is 65.8 Å². The maximum Gasteiger partial charge on any atom is 0.334 e. The number of hydrazone groups is 1. The number of hydrogen-bond donors (Lipinski definition) is 2. The molecule has 1 aliphatic heterocycles. The lowest BCUT2D eigenvalue weighted by Crippen LogP contribution is -2.39. The average Bonchev–Trinajstić information content (AvgIpc) is 3.29. The summed E-state index contributed by atoms with van der Waals surface area (Å²) in [6.45, 7) is 4.08. The highest BCUT2D eigenvalue weighted by atomic mass is 16.5. The highest BCUT2D eigenvalue weighted by Gasteiger charge is 2.18. The normalized spacial score (nSPS) is 12.4. The van der Waals surface area contributed by atoms with Gasteiger partial charge in [-0.05, 0) is 35.4 Å². The van der Waals surface area contributed by atoms with Crippen molar-refractivity contribution in [2.24, 2.45) is 5.10 Å². The summed E-state index contributed by atoms with van der Waals surface area (Å²) in [6.07, 6.45) is -0.267. The van der Waals surface area contributed by atoms with Gasteiger partial charge in [-0.1, -0.05) is 30.8 Å². The van der Waals surface area contributed by atoms with Crippen molar-refractivity contribution < 1.29 is 28.5 Å². The molecule has 2 aromatic carbocycles. The van der Waals surface area contributed by atoms with Crippen molar-refractivity contribution in [2.75, 3.05) is 20.8 Å². The minimum atomic E-state index is -0.700. The number of methoxy groups -OCH3 is 2. The molecule has 0 spiro atoms. The Morgan fingerprint density at radius 3 is 2.12 bits per heavy atom. The molecule has 0 amide bonds. The highest BCUT2D eigenvalue weighted by molar-refractivity contribution is 5.95. The molecular weight excluding hydrogens is 428 g/mol. The summed E-state index contributed by atoms with van der Waals surface area (Å²) in [5, 5.41) is 5.85. The zero-order valence-corrected chi connectivity index (χ0v) is 18.5. The second kappa shape index (κ2) is 11.5. The van der Waals surface area contributed by atoms with Gasteiger partial charge in [0.1, 0.15) is 18.1 Å². The van der Waals surface area contributed by atoms with Crippen LogP contribution in [0, 0.1) is 0 Å². The van der Waals surface area contributed by atoms with Gasteiger partial charge in [0.15, 0.2) is 12.4 Å². The molecule has 33 heavy (non-hydrogen) atoms. The number of amidine groups is 1. The van der Waals surface area contributed by atoms with Gasteiger partial charge in [0, 0.05) is 5.57 Å². The molecule has 0 saturated carbocycles. The Labute approximate surface area is 191 Å². The Bertz CT molecular complexity index is 1000. The molecule has 0 radical (unpaired) electrons. The number of ether oxygens (including phenoxy) is 4. The maximum absolute atomic E-state index is 12.1. The summed E-state index contributed by atoms with van der Waals surface area (Å²) in [6, 6.07) is 14.7. The lowest BCUT2D eigenvalue weighted by atomic mass is 10.2. The van der Waals surface area contributed by atoms with Gasteiger partial charge in [0.2, 0.25) is 0 Å². The van der Waals surface area contributed by atoms with E-state index in [0.29, 0.717) is 18.1 Å². The third-order valence-corrected chi connectivity index (χ3v) is 4.61. The molecule has 0 bridgehead atoms. The first-order chi connectivity index (χ1) is 16.0. The van der Waals surface area contributed by atoms with Crippen molar-refractivity contribution in [3.63, 3.8) is 0 Å². The Balaban J connectivity index is 1.37. The lowest BCUT2D eigenvalue weighted by Gasteiger charge is -2.12. The smallest absolute Gasteiger partial charge is 0.334 e. The van der Waals surface area contributed by atoms with Gasteiger partial charge in [0.05, 0.1) is 27.2 Å². The first-order valence-corrected chi connectivity index (χ1v) is 10.1. The fourth-order valence-electron chi connectivity index (χ4n) is 2.79. The van der Waals surface area contributed by atoms with E-state index in [1.54, 1.807) is 43.6 Å². The zero-order valence-electron chi connectivity index (χ0n) is 18.5. The van der Waals surface area contributed by atoms with Crippen molar-refractivity contribution in [2.45, 2.75) is 19.6 Å². The Morgan fingerprint density at radius 1 is 0.909 bits per heavy atom. The Hall–Kier alpha value is -4.05. The van der Waals surface area contributed by atoms with Crippen LogP contribution < -0.4 is 20.4 Å². The van der Waals surface area contributed by atoms with Crippen molar-refractivity contribution in [1.82, 2.24) is 16.1 Å². The molecule has 0 atom stereocenters. The number of nitrogens with one attached hydrogen (secondary N) is 2. The van der Waals surface area contributed by atoms with Gasteiger partial charge >= 0.3 is 11.9 Å². The monoisotopic (exact) mass is 454 g/mol. The van der Waals surface area contributed by atoms with Crippen molar-refractivity contribution in [1.29, 1.82) is 0 Å². The SMILES string of the molecule is C=C(CC(=O)OCc1ccc(OC)cc1)C(=O)OCC1=NN(Cc2ccc(OC)cc2)NN1. The van der Waals surface area contributed by atoms with Crippen molar-refractivity contribution in [3.05, 3.63) is 71.8 Å². The highest BCUT2D eigenvalue weighted by Crippen LogP contribution is 2.14. The van der Waals surface area contributed by atoms with Gasteiger partial charge in [-0.25, -0.2) is 9.91 Å². The van der Waals surface area contributed by atoms with E-state index in [4.69, 9.17) is 18.9 Å². The molecule has 1 aliphatic rings. The molecule has 0 aromatic heterocycles. The number of hydrogen-bond acceptors (Lipinski definition) is 10. The number of hydrazine groups is 2. The molecule has 10 heteroatoms. The minimum Gasteiger partial charge on any atom is -0.497 e. The lowest BCUT2D eigenvalue weighted by molar-refractivity contribution is -0.146. The maximum atomic E-state index is 12.1. The van der Waals surface area contributed by atoms with E-state index in [0.717, 1.165) is 16.9 Å². The second-order valence-electron chi connectivity index (χ2n) is 7.05. The van der Waals surface area contributed by atoms with Crippen LogP contribution in [0.5, 0.6) is 11.5 Å².